The van der Waals surface area contributed by atoms with E-state index >= 15 is 0 Å². The monoisotopic (exact) mass is 289 g/mol. The Morgan fingerprint density at radius 2 is 1.90 bits per heavy atom. The summed E-state index contributed by atoms with van der Waals surface area (Å²) in [5.41, 5.74) is 1.30. The molecule has 0 unspecified atom stereocenters. The highest BCUT2D eigenvalue weighted by atomic mass is 16.5. The number of hydrogen-bond acceptors (Lipinski definition) is 2. The lowest BCUT2D eigenvalue weighted by Gasteiger charge is -2.35. The number of benzene rings is 1. The van der Waals surface area contributed by atoms with Gasteiger partial charge in [0, 0.05) is 11.5 Å². The fourth-order valence-electron chi connectivity index (χ4n) is 3.25. The first-order chi connectivity index (χ1) is 10.3. The molecule has 4 nitrogen and oxygen atoms in total. The summed E-state index contributed by atoms with van der Waals surface area (Å²) in [7, 11) is 0. The fraction of sp³-hybridized carbons (Fsp3) is 0.588. The summed E-state index contributed by atoms with van der Waals surface area (Å²) in [6.07, 6.45) is 2.11. The number of quaternary nitrogens is 1. The van der Waals surface area contributed by atoms with Crippen molar-refractivity contribution in [2.75, 3.05) is 26.3 Å². The van der Waals surface area contributed by atoms with E-state index < -0.39 is 0 Å². The van der Waals surface area contributed by atoms with Crippen LogP contribution in [0.15, 0.2) is 30.3 Å². The van der Waals surface area contributed by atoms with Gasteiger partial charge in [-0.1, -0.05) is 30.3 Å². The van der Waals surface area contributed by atoms with Crippen molar-refractivity contribution in [3.05, 3.63) is 35.9 Å². The first kappa shape index (κ1) is 14.5. The number of amides is 1. The molecule has 0 radical (unpaired) electrons. The summed E-state index contributed by atoms with van der Waals surface area (Å²) in [6.45, 7) is 5.76. The van der Waals surface area contributed by atoms with Crippen LogP contribution in [0.1, 0.15) is 31.4 Å². The summed E-state index contributed by atoms with van der Waals surface area (Å²) in [6, 6.07) is 11.0. The molecule has 2 fully saturated rings. The number of carbonyl (C=O) groups excluding carboxylic acids is 1. The minimum Gasteiger partial charge on any atom is -0.370 e. The maximum Gasteiger partial charge on any atom is 0.223 e. The van der Waals surface area contributed by atoms with Crippen molar-refractivity contribution in [1.29, 1.82) is 0 Å². The highest BCUT2D eigenvalue weighted by molar-refractivity contribution is 5.81. The Bertz CT molecular complexity index is 467. The number of nitrogens with one attached hydrogen (secondary N) is 2. The van der Waals surface area contributed by atoms with Gasteiger partial charge < -0.3 is 15.0 Å². The maximum absolute atomic E-state index is 12.1. The molecule has 0 bridgehead atoms. The number of rotatable bonds is 5. The number of ether oxygens (including phenoxy) is 1. The molecule has 1 aromatic carbocycles. The molecule has 0 aromatic heterocycles. The molecule has 2 aliphatic rings. The van der Waals surface area contributed by atoms with E-state index in [1.165, 1.54) is 10.5 Å². The van der Waals surface area contributed by atoms with Gasteiger partial charge in [0.25, 0.3) is 0 Å². The molecule has 4 heteroatoms. The van der Waals surface area contributed by atoms with Gasteiger partial charge in [-0.15, -0.1) is 0 Å². The van der Waals surface area contributed by atoms with Gasteiger partial charge in [-0.05, 0) is 19.8 Å². The van der Waals surface area contributed by atoms with Crippen LogP contribution in [0.4, 0.5) is 0 Å². The molecule has 1 aliphatic carbocycles. The van der Waals surface area contributed by atoms with Gasteiger partial charge >= 0.3 is 0 Å². The van der Waals surface area contributed by atoms with Crippen molar-refractivity contribution in [2.45, 2.75) is 31.8 Å². The summed E-state index contributed by atoms with van der Waals surface area (Å²) in [4.78, 5) is 13.6. The van der Waals surface area contributed by atoms with Crippen molar-refractivity contribution < 1.29 is 14.4 Å². The molecular formula is C17H25N2O2+. The predicted octanol–water partition coefficient (Wildman–Crippen LogP) is 0.558. The molecule has 1 saturated carbocycles. The Kier molecular flexibility index (Phi) is 4.56. The first-order valence-corrected chi connectivity index (χ1v) is 8.03. The highest BCUT2D eigenvalue weighted by Gasteiger charge is 2.35. The van der Waals surface area contributed by atoms with Gasteiger partial charge in [-0.2, -0.15) is 0 Å². The summed E-state index contributed by atoms with van der Waals surface area (Å²) in [5, 5.41) is 3.24. The zero-order valence-corrected chi connectivity index (χ0v) is 12.7. The van der Waals surface area contributed by atoms with E-state index in [1.54, 1.807) is 0 Å². The van der Waals surface area contributed by atoms with Gasteiger partial charge in [0.05, 0.1) is 19.3 Å². The second-order valence-corrected chi connectivity index (χ2v) is 6.23. The third-order valence-electron chi connectivity index (χ3n) is 4.55. The summed E-state index contributed by atoms with van der Waals surface area (Å²) >= 11 is 0. The lowest BCUT2D eigenvalue weighted by Crippen LogP contribution is -3.15. The molecule has 0 spiro atoms. The molecule has 2 N–H and O–H groups in total. The second-order valence-electron chi connectivity index (χ2n) is 6.23. The standard InChI is InChI=1S/C17H24N2O2/c1-13(18-17(20)15-7-8-15)16(14-5-3-2-4-6-14)19-9-11-21-12-10-19/h2-6,13,15-16H,7-12H2,1H3,(H,18,20)/p+1/t13-,16-/m1/s1. The van der Waals surface area contributed by atoms with Gasteiger partial charge in [-0.3, -0.25) is 4.79 Å². The van der Waals surface area contributed by atoms with Crippen LogP contribution in [0, 0.1) is 5.92 Å². The Morgan fingerprint density at radius 1 is 1.24 bits per heavy atom. The summed E-state index contributed by atoms with van der Waals surface area (Å²) in [5.74, 6) is 0.500. The van der Waals surface area contributed by atoms with Crippen LogP contribution in [0.3, 0.4) is 0 Å². The molecule has 1 amide bonds. The molecule has 114 valence electrons. The van der Waals surface area contributed by atoms with Gasteiger partial charge in [-0.25, -0.2) is 0 Å². The molecule has 21 heavy (non-hydrogen) atoms. The SMILES string of the molecule is C[C@@H](NC(=O)C1CC1)[C@H](c1ccccc1)[NH+]1CCOCC1. The van der Waals surface area contributed by atoms with Crippen LogP contribution in [0.2, 0.25) is 0 Å². The lowest BCUT2D eigenvalue weighted by atomic mass is 9.98. The molecule has 1 saturated heterocycles. The van der Waals surface area contributed by atoms with Crippen molar-refractivity contribution >= 4 is 5.91 Å². The lowest BCUT2D eigenvalue weighted by molar-refractivity contribution is -0.940. The van der Waals surface area contributed by atoms with Gasteiger partial charge in [0.2, 0.25) is 5.91 Å². The molecule has 1 aliphatic heterocycles. The highest BCUT2D eigenvalue weighted by Crippen LogP contribution is 2.29. The van der Waals surface area contributed by atoms with Crippen molar-refractivity contribution in [1.82, 2.24) is 5.32 Å². The Balaban J connectivity index is 1.75. The van der Waals surface area contributed by atoms with Crippen LogP contribution in [-0.2, 0) is 9.53 Å². The predicted molar refractivity (Wildman–Crippen MR) is 81.0 cm³/mol. The maximum atomic E-state index is 12.1. The van der Waals surface area contributed by atoms with Gasteiger partial charge in [0.1, 0.15) is 19.1 Å². The van der Waals surface area contributed by atoms with Gasteiger partial charge in [0.15, 0.2) is 0 Å². The fourth-order valence-corrected chi connectivity index (χ4v) is 3.25. The Hall–Kier alpha value is -1.39. The zero-order chi connectivity index (χ0) is 14.7. The van der Waals surface area contributed by atoms with Crippen LogP contribution in [0.5, 0.6) is 0 Å². The van der Waals surface area contributed by atoms with Crippen molar-refractivity contribution in [3.8, 4) is 0 Å². The average molecular weight is 289 g/mol. The van der Waals surface area contributed by atoms with E-state index in [0.29, 0.717) is 6.04 Å². The molecular weight excluding hydrogens is 264 g/mol. The van der Waals surface area contributed by atoms with E-state index in [1.807, 2.05) is 6.07 Å². The van der Waals surface area contributed by atoms with Crippen LogP contribution in [0.25, 0.3) is 0 Å². The average Bonchev–Trinajstić information content (AvgIpc) is 3.34. The largest absolute Gasteiger partial charge is 0.370 e. The zero-order valence-electron chi connectivity index (χ0n) is 12.7. The van der Waals surface area contributed by atoms with E-state index in [-0.39, 0.29) is 17.9 Å². The van der Waals surface area contributed by atoms with Crippen molar-refractivity contribution in [3.63, 3.8) is 0 Å². The van der Waals surface area contributed by atoms with E-state index in [2.05, 4.69) is 36.5 Å². The number of carbonyl (C=O) groups is 1. The summed E-state index contributed by atoms with van der Waals surface area (Å²) < 4.78 is 5.49. The first-order valence-electron chi connectivity index (χ1n) is 8.03. The van der Waals surface area contributed by atoms with Crippen LogP contribution in [-0.4, -0.2) is 38.3 Å². The van der Waals surface area contributed by atoms with Crippen molar-refractivity contribution in [2.24, 2.45) is 5.92 Å². The van der Waals surface area contributed by atoms with E-state index in [9.17, 15) is 4.79 Å². The number of hydrogen-bond donors (Lipinski definition) is 2. The third kappa shape index (κ3) is 3.63. The van der Waals surface area contributed by atoms with E-state index in [0.717, 1.165) is 39.1 Å². The number of morpholine rings is 1. The molecule has 1 heterocycles. The molecule has 3 rings (SSSR count). The van der Waals surface area contributed by atoms with E-state index in [4.69, 9.17) is 4.74 Å². The normalized spacial score (nSPS) is 22.5. The minimum absolute atomic E-state index is 0.147. The third-order valence-corrected chi connectivity index (χ3v) is 4.55. The smallest absolute Gasteiger partial charge is 0.223 e. The quantitative estimate of drug-likeness (QED) is 0.832. The molecule has 1 aromatic rings. The minimum atomic E-state index is 0.147. The van der Waals surface area contributed by atoms with Crippen LogP contribution < -0.4 is 10.2 Å². The Labute approximate surface area is 126 Å². The topological polar surface area (TPSA) is 42.8 Å². The Morgan fingerprint density at radius 3 is 2.52 bits per heavy atom. The second kappa shape index (κ2) is 6.58. The van der Waals surface area contributed by atoms with Crippen LogP contribution >= 0.6 is 0 Å². The molecule has 2 atom stereocenters.